The van der Waals surface area contributed by atoms with E-state index in [2.05, 4.69) is 27.0 Å². The Balaban J connectivity index is 2.17. The maximum absolute atomic E-state index is 12.0. The Hall–Kier alpha value is -1.96. The molecule has 7 heteroatoms. The summed E-state index contributed by atoms with van der Waals surface area (Å²) in [6.45, 7) is 14.9. The molecule has 0 aromatic heterocycles. The number of allylic oxidation sites excluding steroid dienone is 2. The van der Waals surface area contributed by atoms with Crippen molar-refractivity contribution < 1.29 is 33.6 Å². The molecule has 1 aliphatic heterocycles. The maximum Gasteiger partial charge on any atom is 0.304 e. The quantitative estimate of drug-likeness (QED) is 0.361. The monoisotopic (exact) mass is 448 g/mol. The van der Waals surface area contributed by atoms with Gasteiger partial charge >= 0.3 is 11.9 Å². The van der Waals surface area contributed by atoms with Gasteiger partial charge in [0.15, 0.2) is 6.29 Å². The molecule has 7 nitrogen and oxygen atoms in total. The average molecular weight is 449 g/mol. The molecule has 3 aliphatic rings. The molecule has 1 N–H and O–H groups in total. The Kier molecular flexibility index (Phi) is 7.03. The van der Waals surface area contributed by atoms with Crippen LogP contribution < -0.4 is 0 Å². The zero-order valence-electron chi connectivity index (χ0n) is 19.8. The van der Waals surface area contributed by atoms with E-state index in [1.165, 1.54) is 21.0 Å². The predicted molar refractivity (Wildman–Crippen MR) is 118 cm³/mol. The molecule has 1 saturated heterocycles. The smallest absolute Gasteiger partial charge is 0.304 e. The number of hydrogen-bond acceptors (Lipinski definition) is 7. The van der Waals surface area contributed by atoms with Crippen molar-refractivity contribution in [1.29, 1.82) is 0 Å². The van der Waals surface area contributed by atoms with Crippen LogP contribution in [0.15, 0.2) is 36.5 Å². The van der Waals surface area contributed by atoms with Crippen LogP contribution in [-0.4, -0.2) is 48.9 Å². The molecule has 0 radical (unpaired) electrons. The predicted octanol–water partition coefficient (Wildman–Crippen LogP) is 3.67. The van der Waals surface area contributed by atoms with Crippen molar-refractivity contribution in [3.63, 3.8) is 0 Å². The average Bonchev–Trinajstić information content (AvgIpc) is 3.03. The van der Waals surface area contributed by atoms with Crippen molar-refractivity contribution in [3.8, 4) is 0 Å². The summed E-state index contributed by atoms with van der Waals surface area (Å²) < 4.78 is 22.9. The molecule has 0 unspecified atom stereocenters. The summed E-state index contributed by atoms with van der Waals surface area (Å²) in [5, 5.41) is 11.5. The Morgan fingerprint density at radius 2 is 1.94 bits per heavy atom. The second-order valence-corrected chi connectivity index (χ2v) is 9.66. The minimum atomic E-state index is -0.996. The van der Waals surface area contributed by atoms with Gasteiger partial charge in [-0.05, 0) is 49.0 Å². The second-order valence-electron chi connectivity index (χ2n) is 9.66. The van der Waals surface area contributed by atoms with E-state index in [1.807, 2.05) is 6.08 Å². The van der Waals surface area contributed by atoms with Crippen LogP contribution in [0.4, 0.5) is 0 Å². The number of hydrogen-bond donors (Lipinski definition) is 1. The molecule has 1 spiro atoms. The van der Waals surface area contributed by atoms with E-state index in [9.17, 15) is 14.7 Å². The van der Waals surface area contributed by atoms with Crippen molar-refractivity contribution in [1.82, 2.24) is 0 Å². The molecule has 2 aliphatic carbocycles. The van der Waals surface area contributed by atoms with Gasteiger partial charge in [0.1, 0.15) is 6.10 Å². The lowest BCUT2D eigenvalue weighted by molar-refractivity contribution is -0.254. The van der Waals surface area contributed by atoms with Crippen LogP contribution in [0.25, 0.3) is 0 Å². The molecule has 8 atom stereocenters. The van der Waals surface area contributed by atoms with E-state index in [4.69, 9.17) is 18.9 Å². The summed E-state index contributed by atoms with van der Waals surface area (Å²) >= 11 is 0. The summed E-state index contributed by atoms with van der Waals surface area (Å²) in [5.74, 6) is -0.910. The first-order chi connectivity index (χ1) is 15.0. The number of carbonyl (C=O) groups is 2. The number of carbonyl (C=O) groups excluding carboxylic acids is 2. The molecule has 178 valence electrons. The van der Waals surface area contributed by atoms with Crippen LogP contribution in [0.2, 0.25) is 0 Å². The van der Waals surface area contributed by atoms with Crippen molar-refractivity contribution in [2.24, 2.45) is 22.7 Å². The van der Waals surface area contributed by atoms with E-state index < -0.39 is 36.2 Å². The normalized spacial score (nSPS) is 40.5. The van der Waals surface area contributed by atoms with Crippen molar-refractivity contribution in [2.75, 3.05) is 7.11 Å². The third-order valence-corrected chi connectivity index (χ3v) is 7.93. The highest BCUT2D eigenvalue weighted by Gasteiger charge is 2.70. The van der Waals surface area contributed by atoms with E-state index in [0.29, 0.717) is 18.4 Å². The molecular formula is C25H36O7. The molecule has 0 amide bonds. The standard InChI is InChI=1S/C25H36O7/c1-8-14(2)9-10-24(6)15(3)11-21(28)25-19(12-18(13-20(24)25)30-16(4)26)22(29-7)32-23(25)31-17(5)27/h8,12,15,18,20-23,28H,1-2,9-11,13H2,3-7H3/t15-,18-,20-,21-,22-,23+,24+,25+/m1/s1. The fourth-order valence-electron chi connectivity index (χ4n) is 6.17. The number of aliphatic hydroxyl groups excluding tert-OH is 1. The van der Waals surface area contributed by atoms with Gasteiger partial charge in [-0.2, -0.15) is 0 Å². The highest BCUT2D eigenvalue weighted by Crippen LogP contribution is 2.67. The van der Waals surface area contributed by atoms with Crippen LogP contribution in [0, 0.1) is 22.7 Å². The highest BCUT2D eigenvalue weighted by atomic mass is 16.8. The van der Waals surface area contributed by atoms with Gasteiger partial charge in [0.2, 0.25) is 6.29 Å². The van der Waals surface area contributed by atoms with Gasteiger partial charge < -0.3 is 24.1 Å². The number of rotatable bonds is 7. The van der Waals surface area contributed by atoms with Crippen molar-refractivity contribution in [3.05, 3.63) is 36.5 Å². The van der Waals surface area contributed by atoms with Crippen LogP contribution in [0.1, 0.15) is 53.4 Å². The van der Waals surface area contributed by atoms with E-state index >= 15 is 0 Å². The first-order valence-corrected chi connectivity index (χ1v) is 11.2. The van der Waals surface area contributed by atoms with Gasteiger partial charge in [0.25, 0.3) is 0 Å². The molecule has 0 aromatic carbocycles. The van der Waals surface area contributed by atoms with Gasteiger partial charge in [-0.1, -0.05) is 38.7 Å². The molecule has 2 fully saturated rings. The Labute approximate surface area is 190 Å². The molecule has 32 heavy (non-hydrogen) atoms. The number of methoxy groups -OCH3 is 1. The number of ether oxygens (including phenoxy) is 4. The molecule has 3 rings (SSSR count). The molecule has 0 bridgehead atoms. The summed E-state index contributed by atoms with van der Waals surface area (Å²) in [5.41, 5.74) is 0.352. The zero-order valence-corrected chi connectivity index (χ0v) is 19.8. The first-order valence-electron chi connectivity index (χ1n) is 11.2. The summed E-state index contributed by atoms with van der Waals surface area (Å²) in [6, 6.07) is 0. The first kappa shape index (κ1) is 24.7. The van der Waals surface area contributed by atoms with Crippen molar-refractivity contribution >= 4 is 11.9 Å². The molecule has 1 saturated carbocycles. The Bertz CT molecular complexity index is 817. The van der Waals surface area contributed by atoms with Gasteiger partial charge in [-0.15, -0.1) is 0 Å². The number of esters is 2. The van der Waals surface area contributed by atoms with E-state index in [0.717, 1.165) is 18.4 Å². The third-order valence-electron chi connectivity index (χ3n) is 7.93. The number of aliphatic hydroxyl groups is 1. The fraction of sp³-hybridized carbons (Fsp3) is 0.680. The molecular weight excluding hydrogens is 412 g/mol. The SMILES string of the molecule is C=CC(=C)CC[C@@]1(C)[C@H](C)C[C@@H](O)[C@]23C(=C[C@@H](OC(C)=O)C[C@H]12)[C@H](OC)O[C@@H]3OC(C)=O. The largest absolute Gasteiger partial charge is 0.458 e. The molecule has 1 heterocycles. The minimum absolute atomic E-state index is 0.155. The third kappa shape index (κ3) is 3.95. The highest BCUT2D eigenvalue weighted by molar-refractivity contribution is 5.67. The lowest BCUT2D eigenvalue weighted by Gasteiger charge is -2.60. The van der Waals surface area contributed by atoms with Gasteiger partial charge in [0, 0.05) is 26.5 Å². The minimum Gasteiger partial charge on any atom is -0.458 e. The van der Waals surface area contributed by atoms with Gasteiger partial charge in [0.05, 0.1) is 11.5 Å². The van der Waals surface area contributed by atoms with Crippen LogP contribution in [0.5, 0.6) is 0 Å². The zero-order chi connectivity index (χ0) is 23.8. The fourth-order valence-corrected chi connectivity index (χ4v) is 6.17. The summed E-state index contributed by atoms with van der Waals surface area (Å²) in [7, 11) is 1.50. The van der Waals surface area contributed by atoms with Crippen molar-refractivity contribution in [2.45, 2.75) is 78.2 Å². The summed E-state index contributed by atoms with van der Waals surface area (Å²) in [4.78, 5) is 23.8. The van der Waals surface area contributed by atoms with Gasteiger partial charge in [-0.25, -0.2) is 0 Å². The second kappa shape index (κ2) is 9.12. The van der Waals surface area contributed by atoms with Crippen LogP contribution in [-0.2, 0) is 28.5 Å². The van der Waals surface area contributed by atoms with E-state index in [1.54, 1.807) is 6.08 Å². The lowest BCUT2D eigenvalue weighted by Crippen LogP contribution is -2.63. The Morgan fingerprint density at radius 1 is 1.28 bits per heavy atom. The van der Waals surface area contributed by atoms with Crippen LogP contribution >= 0.6 is 0 Å². The summed E-state index contributed by atoms with van der Waals surface area (Å²) in [6.07, 6.45) is 3.01. The Morgan fingerprint density at radius 3 is 2.50 bits per heavy atom. The van der Waals surface area contributed by atoms with Gasteiger partial charge in [-0.3, -0.25) is 9.59 Å². The van der Waals surface area contributed by atoms with Crippen LogP contribution in [0.3, 0.4) is 0 Å². The molecule has 0 aromatic rings. The van der Waals surface area contributed by atoms with E-state index in [-0.39, 0.29) is 23.2 Å². The lowest BCUT2D eigenvalue weighted by atomic mass is 9.45. The maximum atomic E-state index is 12.0. The topological polar surface area (TPSA) is 91.3 Å².